The molecule has 0 aromatic heterocycles. The maximum atomic E-state index is 3.46. The Hall–Kier alpha value is 0.270. The van der Waals surface area contributed by atoms with E-state index in [4.69, 9.17) is 0 Å². The van der Waals surface area contributed by atoms with Gasteiger partial charge < -0.3 is 10.6 Å². The van der Waals surface area contributed by atoms with Crippen LogP contribution >= 0.6 is 11.8 Å². The van der Waals surface area contributed by atoms with Crippen molar-refractivity contribution in [2.75, 3.05) is 31.9 Å². The zero-order chi connectivity index (χ0) is 6.86. The lowest BCUT2D eigenvalue weighted by molar-refractivity contribution is 0.550. The Bertz CT molecular complexity index is 113. The fourth-order valence-electron chi connectivity index (χ4n) is 1.70. The third kappa shape index (κ3) is 1.18. The monoisotopic (exact) mass is 158 g/mol. The highest BCUT2D eigenvalue weighted by molar-refractivity contribution is 8.00. The molecule has 1 atom stereocenters. The lowest BCUT2D eigenvalue weighted by Crippen LogP contribution is -2.45. The highest BCUT2D eigenvalue weighted by Crippen LogP contribution is 2.32. The number of thioether (sulfide) groups is 1. The minimum atomic E-state index is 0.568. The molecule has 0 aliphatic carbocycles. The van der Waals surface area contributed by atoms with Crippen molar-refractivity contribution in [3.63, 3.8) is 0 Å². The van der Waals surface area contributed by atoms with Crippen molar-refractivity contribution in [3.05, 3.63) is 0 Å². The maximum absolute atomic E-state index is 3.46. The van der Waals surface area contributed by atoms with E-state index in [0.29, 0.717) is 4.75 Å². The molecule has 2 fully saturated rings. The van der Waals surface area contributed by atoms with Crippen molar-refractivity contribution < 1.29 is 0 Å². The standard InChI is InChI=1S/C7H14N2S/c1-2-8-5-7(1)6-9-3-4-10-7/h8-9H,1-6H2. The van der Waals surface area contributed by atoms with E-state index in [9.17, 15) is 0 Å². The minimum absolute atomic E-state index is 0.568. The topological polar surface area (TPSA) is 24.1 Å². The van der Waals surface area contributed by atoms with Gasteiger partial charge >= 0.3 is 0 Å². The molecule has 0 aromatic carbocycles. The van der Waals surface area contributed by atoms with Gasteiger partial charge in [0.15, 0.2) is 0 Å². The summed E-state index contributed by atoms with van der Waals surface area (Å²) in [6, 6.07) is 0. The molecule has 58 valence electrons. The number of nitrogens with one attached hydrogen (secondary N) is 2. The molecule has 3 heteroatoms. The van der Waals surface area contributed by atoms with Crippen molar-refractivity contribution in [1.29, 1.82) is 0 Å². The molecule has 10 heavy (non-hydrogen) atoms. The van der Waals surface area contributed by atoms with Crippen LogP contribution in [0.15, 0.2) is 0 Å². The second-order valence-corrected chi connectivity index (χ2v) is 4.70. The van der Waals surface area contributed by atoms with Gasteiger partial charge in [0.05, 0.1) is 0 Å². The van der Waals surface area contributed by atoms with E-state index in [-0.39, 0.29) is 0 Å². The molecule has 2 rings (SSSR count). The number of hydrogen-bond donors (Lipinski definition) is 2. The summed E-state index contributed by atoms with van der Waals surface area (Å²) in [5.74, 6) is 1.29. The van der Waals surface area contributed by atoms with Crippen LogP contribution in [0.1, 0.15) is 6.42 Å². The lowest BCUT2D eigenvalue weighted by atomic mass is 10.1. The van der Waals surface area contributed by atoms with Gasteiger partial charge in [0.1, 0.15) is 0 Å². The van der Waals surface area contributed by atoms with Crippen molar-refractivity contribution in [2.45, 2.75) is 11.2 Å². The molecule has 0 radical (unpaired) electrons. The summed E-state index contributed by atoms with van der Waals surface area (Å²) < 4.78 is 0.568. The van der Waals surface area contributed by atoms with Crippen molar-refractivity contribution >= 4 is 11.8 Å². The summed E-state index contributed by atoms with van der Waals surface area (Å²) in [6.45, 7) is 4.84. The van der Waals surface area contributed by atoms with E-state index in [1.807, 2.05) is 0 Å². The fourth-order valence-corrected chi connectivity index (χ4v) is 3.04. The smallest absolute Gasteiger partial charge is 0.0421 e. The summed E-state index contributed by atoms with van der Waals surface area (Å²) in [7, 11) is 0. The van der Waals surface area contributed by atoms with Crippen LogP contribution in [0.3, 0.4) is 0 Å². The zero-order valence-electron chi connectivity index (χ0n) is 6.15. The van der Waals surface area contributed by atoms with Crippen LogP contribution < -0.4 is 10.6 Å². The van der Waals surface area contributed by atoms with Crippen LogP contribution in [0.25, 0.3) is 0 Å². The second-order valence-electron chi connectivity index (χ2n) is 3.14. The Balaban J connectivity index is 1.98. The highest BCUT2D eigenvalue weighted by atomic mass is 32.2. The molecule has 1 unspecified atom stereocenters. The Kier molecular flexibility index (Phi) is 1.89. The molecule has 2 aliphatic rings. The van der Waals surface area contributed by atoms with Crippen LogP contribution in [0.2, 0.25) is 0 Å². The fraction of sp³-hybridized carbons (Fsp3) is 1.00. The van der Waals surface area contributed by atoms with Gasteiger partial charge in [0.2, 0.25) is 0 Å². The van der Waals surface area contributed by atoms with Gasteiger partial charge in [-0.05, 0) is 13.0 Å². The summed E-state index contributed by atoms with van der Waals surface area (Å²) in [4.78, 5) is 0. The molecule has 2 saturated heterocycles. The van der Waals surface area contributed by atoms with Crippen molar-refractivity contribution in [2.24, 2.45) is 0 Å². The molecule has 0 saturated carbocycles. The Morgan fingerprint density at radius 3 is 2.40 bits per heavy atom. The normalized spacial score (nSPS) is 40.8. The van der Waals surface area contributed by atoms with Crippen molar-refractivity contribution in [1.82, 2.24) is 10.6 Å². The minimum Gasteiger partial charge on any atom is -0.315 e. The first-order valence-corrected chi connectivity index (χ1v) is 4.95. The molecule has 2 N–H and O–H groups in total. The molecule has 2 aliphatic heterocycles. The molecule has 0 amide bonds. The molecular weight excluding hydrogens is 144 g/mol. The first kappa shape index (κ1) is 6.95. The Morgan fingerprint density at radius 1 is 1.10 bits per heavy atom. The molecule has 1 spiro atoms. The van der Waals surface area contributed by atoms with Crippen LogP contribution in [0.4, 0.5) is 0 Å². The summed E-state index contributed by atoms with van der Waals surface area (Å²) in [5, 5.41) is 6.88. The second kappa shape index (κ2) is 2.72. The first-order chi connectivity index (χ1) is 4.91. The molecule has 0 aromatic rings. The molecule has 2 heterocycles. The molecule has 2 nitrogen and oxygen atoms in total. The zero-order valence-corrected chi connectivity index (χ0v) is 6.97. The van der Waals surface area contributed by atoms with Gasteiger partial charge in [0.25, 0.3) is 0 Å². The summed E-state index contributed by atoms with van der Waals surface area (Å²) in [5.41, 5.74) is 0. The van der Waals surface area contributed by atoms with E-state index >= 15 is 0 Å². The third-order valence-corrected chi connectivity index (χ3v) is 3.85. The quantitative estimate of drug-likeness (QED) is 0.521. The number of hydrogen-bond acceptors (Lipinski definition) is 3. The third-order valence-electron chi connectivity index (χ3n) is 2.34. The average molecular weight is 158 g/mol. The van der Waals surface area contributed by atoms with Crippen molar-refractivity contribution in [3.8, 4) is 0 Å². The average Bonchev–Trinajstić information content (AvgIpc) is 2.39. The largest absolute Gasteiger partial charge is 0.315 e. The van der Waals surface area contributed by atoms with Crippen LogP contribution in [0, 0.1) is 0 Å². The summed E-state index contributed by atoms with van der Waals surface area (Å²) >= 11 is 2.15. The predicted octanol–water partition coefficient (Wildman–Crippen LogP) is 0.0549. The van der Waals surface area contributed by atoms with Gasteiger partial charge in [-0.1, -0.05) is 0 Å². The van der Waals surface area contributed by atoms with Gasteiger partial charge in [-0.3, -0.25) is 0 Å². The van der Waals surface area contributed by atoms with Gasteiger partial charge in [0, 0.05) is 30.1 Å². The van der Waals surface area contributed by atoms with E-state index in [2.05, 4.69) is 22.4 Å². The van der Waals surface area contributed by atoms with E-state index in [1.54, 1.807) is 0 Å². The van der Waals surface area contributed by atoms with E-state index in [1.165, 1.54) is 38.4 Å². The maximum Gasteiger partial charge on any atom is 0.0421 e. The molecular formula is C7H14N2S. The van der Waals surface area contributed by atoms with Gasteiger partial charge in [-0.25, -0.2) is 0 Å². The number of rotatable bonds is 0. The summed E-state index contributed by atoms with van der Waals surface area (Å²) in [6.07, 6.45) is 1.35. The first-order valence-electron chi connectivity index (χ1n) is 3.97. The Morgan fingerprint density at radius 2 is 1.90 bits per heavy atom. The van der Waals surface area contributed by atoms with Gasteiger partial charge in [-0.2, -0.15) is 11.8 Å². The Labute approximate surface area is 66.1 Å². The van der Waals surface area contributed by atoms with Crippen LogP contribution in [-0.4, -0.2) is 36.7 Å². The van der Waals surface area contributed by atoms with Crippen LogP contribution in [0.5, 0.6) is 0 Å². The van der Waals surface area contributed by atoms with E-state index in [0.717, 1.165) is 0 Å². The highest BCUT2D eigenvalue weighted by Gasteiger charge is 2.35. The molecule has 0 bridgehead atoms. The van der Waals surface area contributed by atoms with E-state index < -0.39 is 0 Å². The van der Waals surface area contributed by atoms with Crippen LogP contribution in [-0.2, 0) is 0 Å². The lowest BCUT2D eigenvalue weighted by Gasteiger charge is -2.32. The SMILES string of the molecule is C1CSC2(CCNC2)CN1. The predicted molar refractivity (Wildman–Crippen MR) is 45.5 cm³/mol. The van der Waals surface area contributed by atoms with Gasteiger partial charge in [-0.15, -0.1) is 0 Å².